The molecule has 2 rings (SSSR count). The van der Waals surface area contributed by atoms with E-state index in [-0.39, 0.29) is 28.6 Å². The first-order valence-electron chi connectivity index (χ1n) is 9.41. The first-order chi connectivity index (χ1) is 14.0. The van der Waals surface area contributed by atoms with Crippen molar-refractivity contribution in [3.63, 3.8) is 0 Å². The summed E-state index contributed by atoms with van der Waals surface area (Å²) in [4.78, 5) is 27.8. The summed E-state index contributed by atoms with van der Waals surface area (Å²) in [6.45, 7) is 7.28. The van der Waals surface area contributed by atoms with Crippen molar-refractivity contribution < 1.29 is 27.5 Å². The molecule has 0 fully saturated rings. The Kier molecular flexibility index (Phi) is 7.27. The molecule has 0 radical (unpaired) electrons. The van der Waals surface area contributed by atoms with Crippen LogP contribution in [0.5, 0.6) is 5.75 Å². The topological polar surface area (TPSA) is 118 Å². The first-order valence-corrected chi connectivity index (χ1v) is 10.9. The quantitative estimate of drug-likeness (QED) is 0.613. The molecule has 164 valence electrons. The van der Waals surface area contributed by atoms with Crippen molar-refractivity contribution in [3.05, 3.63) is 40.7 Å². The summed E-state index contributed by atoms with van der Waals surface area (Å²) in [5.74, 6) is -0.826. The largest absolute Gasteiger partial charge is 0.492 e. The molecule has 0 aliphatic heterocycles. The number of esters is 1. The van der Waals surface area contributed by atoms with E-state index in [0.717, 1.165) is 4.31 Å². The summed E-state index contributed by atoms with van der Waals surface area (Å²) in [6.07, 6.45) is 0. The van der Waals surface area contributed by atoms with Crippen molar-refractivity contribution in [2.24, 2.45) is 0 Å². The molecular weight excluding hydrogens is 410 g/mol. The fraction of sp³-hybridized carbons (Fsp3) is 0.400. The van der Waals surface area contributed by atoms with Crippen LogP contribution in [0.4, 0.5) is 5.69 Å². The number of carbonyl (C=O) groups is 2. The molecule has 2 aromatic rings. The average molecular weight is 438 g/mol. The molecule has 2 N–H and O–H groups in total. The average Bonchev–Trinajstić information content (AvgIpc) is 2.97. The lowest BCUT2D eigenvalue weighted by molar-refractivity contribution is 0.0525. The van der Waals surface area contributed by atoms with Crippen molar-refractivity contribution in [1.29, 1.82) is 0 Å². The number of aryl methyl sites for hydroxylation is 1. The van der Waals surface area contributed by atoms with Gasteiger partial charge < -0.3 is 19.8 Å². The van der Waals surface area contributed by atoms with E-state index in [1.807, 2.05) is 0 Å². The standard InChI is InChI=1S/C20H27N3O6S/c1-7-28-15-10-9-14(11-16(15)30(26,27)23(5)6)22-19(24)18-12(3)17(13(4)21-18)20(25)29-8-2/h9-11,21H,7-8H2,1-6H3,(H,22,24). The van der Waals surface area contributed by atoms with Crippen molar-refractivity contribution in [3.8, 4) is 5.75 Å². The molecule has 10 heteroatoms. The maximum atomic E-state index is 12.8. The summed E-state index contributed by atoms with van der Waals surface area (Å²) in [5.41, 5.74) is 1.74. The zero-order valence-electron chi connectivity index (χ0n) is 18.0. The number of benzene rings is 1. The highest BCUT2D eigenvalue weighted by Gasteiger charge is 2.25. The Labute approximate surface area is 176 Å². The lowest BCUT2D eigenvalue weighted by atomic mass is 10.1. The monoisotopic (exact) mass is 437 g/mol. The molecule has 1 aromatic carbocycles. The lowest BCUT2D eigenvalue weighted by Crippen LogP contribution is -2.23. The van der Waals surface area contributed by atoms with Gasteiger partial charge in [-0.15, -0.1) is 0 Å². The van der Waals surface area contributed by atoms with Crippen LogP contribution in [0.25, 0.3) is 0 Å². The van der Waals surface area contributed by atoms with Crippen LogP contribution in [0.15, 0.2) is 23.1 Å². The number of nitrogens with zero attached hydrogens (tertiary/aromatic N) is 1. The van der Waals surface area contributed by atoms with Gasteiger partial charge in [-0.05, 0) is 51.5 Å². The van der Waals surface area contributed by atoms with E-state index in [1.165, 1.54) is 26.2 Å². The molecule has 0 saturated carbocycles. The molecule has 0 aliphatic carbocycles. The summed E-state index contributed by atoms with van der Waals surface area (Å²) in [5, 5.41) is 2.67. The molecule has 0 bridgehead atoms. The van der Waals surface area contributed by atoms with E-state index in [0.29, 0.717) is 23.4 Å². The summed E-state index contributed by atoms with van der Waals surface area (Å²) in [6, 6.07) is 4.39. The molecule has 1 heterocycles. The lowest BCUT2D eigenvalue weighted by Gasteiger charge is -2.16. The number of anilines is 1. The first kappa shape index (κ1) is 23.4. The van der Waals surface area contributed by atoms with Crippen molar-refractivity contribution >= 4 is 27.6 Å². The third-order valence-corrected chi connectivity index (χ3v) is 6.24. The highest BCUT2D eigenvalue weighted by Crippen LogP contribution is 2.30. The molecule has 0 atom stereocenters. The SMILES string of the molecule is CCOC(=O)c1c(C)[nH]c(C(=O)Nc2ccc(OCC)c(S(=O)(=O)N(C)C)c2)c1C. The van der Waals surface area contributed by atoms with E-state index in [1.54, 1.807) is 33.8 Å². The van der Waals surface area contributed by atoms with Gasteiger partial charge in [0, 0.05) is 25.5 Å². The van der Waals surface area contributed by atoms with Crippen LogP contribution in [0, 0.1) is 13.8 Å². The van der Waals surface area contributed by atoms with Gasteiger partial charge >= 0.3 is 5.97 Å². The van der Waals surface area contributed by atoms with E-state index in [4.69, 9.17) is 9.47 Å². The molecular formula is C20H27N3O6S. The fourth-order valence-electron chi connectivity index (χ4n) is 2.94. The van der Waals surface area contributed by atoms with Gasteiger partial charge in [0.1, 0.15) is 16.3 Å². The van der Waals surface area contributed by atoms with Crippen LogP contribution in [-0.4, -0.2) is 56.9 Å². The Hall–Kier alpha value is -2.85. The second kappa shape index (κ2) is 9.31. The zero-order chi connectivity index (χ0) is 22.6. The van der Waals surface area contributed by atoms with Gasteiger partial charge in [-0.2, -0.15) is 0 Å². The van der Waals surface area contributed by atoms with Crippen LogP contribution >= 0.6 is 0 Å². The zero-order valence-corrected chi connectivity index (χ0v) is 18.8. The molecule has 9 nitrogen and oxygen atoms in total. The van der Waals surface area contributed by atoms with Gasteiger partial charge in [0.2, 0.25) is 10.0 Å². The second-order valence-electron chi connectivity index (χ2n) is 6.68. The third kappa shape index (κ3) is 4.65. The van der Waals surface area contributed by atoms with Gasteiger partial charge in [-0.3, -0.25) is 4.79 Å². The molecule has 0 saturated heterocycles. The molecule has 1 amide bonds. The van der Waals surface area contributed by atoms with Crippen LogP contribution in [0.2, 0.25) is 0 Å². The minimum atomic E-state index is -3.79. The number of H-pyrrole nitrogens is 1. The normalized spacial score (nSPS) is 11.4. The van der Waals surface area contributed by atoms with Crippen molar-refractivity contribution in [1.82, 2.24) is 9.29 Å². The number of sulfonamides is 1. The number of aromatic amines is 1. The summed E-state index contributed by atoms with van der Waals surface area (Å²) in [7, 11) is -0.963. The molecule has 30 heavy (non-hydrogen) atoms. The van der Waals surface area contributed by atoms with Crippen LogP contribution in [-0.2, 0) is 14.8 Å². The van der Waals surface area contributed by atoms with E-state index >= 15 is 0 Å². The Morgan fingerprint density at radius 1 is 1.13 bits per heavy atom. The van der Waals surface area contributed by atoms with Gasteiger partial charge in [0.15, 0.2) is 0 Å². The van der Waals surface area contributed by atoms with Crippen molar-refractivity contribution in [2.45, 2.75) is 32.6 Å². The number of ether oxygens (including phenoxy) is 2. The van der Waals surface area contributed by atoms with Gasteiger partial charge in [0.05, 0.1) is 18.8 Å². The Bertz CT molecular complexity index is 1060. The number of hydrogen-bond acceptors (Lipinski definition) is 6. The maximum absolute atomic E-state index is 12.8. The van der Waals surface area contributed by atoms with Gasteiger partial charge in [-0.1, -0.05) is 0 Å². The summed E-state index contributed by atoms with van der Waals surface area (Å²) >= 11 is 0. The molecule has 1 aromatic heterocycles. The van der Waals surface area contributed by atoms with Crippen LogP contribution in [0.1, 0.15) is 46.0 Å². The molecule has 0 aliphatic rings. The Balaban J connectivity index is 2.41. The van der Waals surface area contributed by atoms with Crippen LogP contribution in [0.3, 0.4) is 0 Å². The Morgan fingerprint density at radius 2 is 1.80 bits per heavy atom. The van der Waals surface area contributed by atoms with E-state index < -0.39 is 21.9 Å². The number of aromatic nitrogens is 1. The second-order valence-corrected chi connectivity index (χ2v) is 8.80. The van der Waals surface area contributed by atoms with Gasteiger partial charge in [0.25, 0.3) is 5.91 Å². The predicted octanol–water partition coefficient (Wildman–Crippen LogP) is 2.71. The molecule has 0 spiro atoms. The van der Waals surface area contributed by atoms with E-state index in [2.05, 4.69) is 10.3 Å². The molecule has 0 unspecified atom stereocenters. The number of rotatable bonds is 8. The third-order valence-electron chi connectivity index (χ3n) is 4.40. The number of hydrogen-bond donors (Lipinski definition) is 2. The smallest absolute Gasteiger partial charge is 0.340 e. The highest BCUT2D eigenvalue weighted by atomic mass is 32.2. The maximum Gasteiger partial charge on any atom is 0.340 e. The predicted molar refractivity (Wildman–Crippen MR) is 113 cm³/mol. The number of amides is 1. The minimum Gasteiger partial charge on any atom is -0.492 e. The Morgan fingerprint density at radius 3 is 2.37 bits per heavy atom. The van der Waals surface area contributed by atoms with E-state index in [9.17, 15) is 18.0 Å². The fourth-order valence-corrected chi connectivity index (χ4v) is 3.99. The van der Waals surface area contributed by atoms with Gasteiger partial charge in [-0.25, -0.2) is 17.5 Å². The summed E-state index contributed by atoms with van der Waals surface area (Å²) < 4.78 is 36.8. The van der Waals surface area contributed by atoms with Crippen LogP contribution < -0.4 is 10.1 Å². The van der Waals surface area contributed by atoms with Crippen molar-refractivity contribution in [2.75, 3.05) is 32.6 Å². The number of carbonyl (C=O) groups excluding carboxylic acids is 2. The minimum absolute atomic E-state index is 0.0567. The highest BCUT2D eigenvalue weighted by molar-refractivity contribution is 7.89. The number of nitrogens with one attached hydrogen (secondary N) is 2.